The van der Waals surface area contributed by atoms with Crippen LogP contribution in [0.5, 0.6) is 17.2 Å². The number of methoxy groups -OCH3 is 3. The first kappa shape index (κ1) is 17.9. The molecule has 3 N–H and O–H groups in total. The van der Waals surface area contributed by atoms with Crippen LogP contribution < -0.4 is 19.5 Å². The van der Waals surface area contributed by atoms with Gasteiger partial charge in [0, 0.05) is 6.54 Å². The lowest BCUT2D eigenvalue weighted by molar-refractivity contribution is -0.0640. The maximum atomic E-state index is 10.4. The number of carboxylic acid groups (broad SMARTS) is 1. The summed E-state index contributed by atoms with van der Waals surface area (Å²) in [5.41, 5.74) is 0.939. The highest BCUT2D eigenvalue weighted by Gasteiger charge is 2.13. The standard InChI is InChI=1S/C14H22N2O6/c1-20-11-7-10(8-12(21-2)13(11)22-3)9-15-5-4-6-16(19)14(17)18/h7-8,15,19H,4-6,9H2,1-3H3,(H,17,18). The third-order valence-electron chi connectivity index (χ3n) is 3.00. The summed E-state index contributed by atoms with van der Waals surface area (Å²) >= 11 is 0. The van der Waals surface area contributed by atoms with Crippen LogP contribution in [0.15, 0.2) is 12.1 Å². The highest BCUT2D eigenvalue weighted by molar-refractivity contribution is 5.63. The predicted molar refractivity (Wildman–Crippen MR) is 78.9 cm³/mol. The van der Waals surface area contributed by atoms with Gasteiger partial charge in [0.1, 0.15) is 0 Å². The van der Waals surface area contributed by atoms with Crippen LogP contribution in [-0.4, -0.2) is 55.9 Å². The van der Waals surface area contributed by atoms with Gasteiger partial charge in [-0.1, -0.05) is 0 Å². The van der Waals surface area contributed by atoms with Crippen molar-refractivity contribution >= 4 is 6.09 Å². The summed E-state index contributed by atoms with van der Waals surface area (Å²) < 4.78 is 15.8. The molecule has 0 saturated heterocycles. The zero-order valence-corrected chi connectivity index (χ0v) is 13.0. The van der Waals surface area contributed by atoms with Gasteiger partial charge < -0.3 is 24.6 Å². The minimum absolute atomic E-state index is 0.0532. The second-order valence-electron chi connectivity index (χ2n) is 4.47. The summed E-state index contributed by atoms with van der Waals surface area (Å²) in [6.07, 6.45) is -0.864. The molecule has 22 heavy (non-hydrogen) atoms. The summed E-state index contributed by atoms with van der Waals surface area (Å²) in [5.74, 6) is 1.68. The fraction of sp³-hybridized carbons (Fsp3) is 0.500. The summed E-state index contributed by atoms with van der Waals surface area (Å²) in [7, 11) is 4.65. The van der Waals surface area contributed by atoms with Gasteiger partial charge in [-0.25, -0.2) is 4.79 Å². The number of benzene rings is 1. The smallest absolute Gasteiger partial charge is 0.431 e. The van der Waals surface area contributed by atoms with Crippen LogP contribution in [0.1, 0.15) is 12.0 Å². The summed E-state index contributed by atoms with van der Waals surface area (Å²) in [5, 5.41) is 20.9. The van der Waals surface area contributed by atoms with E-state index in [1.165, 1.54) is 0 Å². The highest BCUT2D eigenvalue weighted by atomic mass is 16.6. The van der Waals surface area contributed by atoms with Gasteiger partial charge in [0.2, 0.25) is 5.75 Å². The Morgan fingerprint density at radius 2 is 1.77 bits per heavy atom. The van der Waals surface area contributed by atoms with Gasteiger partial charge in [-0.2, -0.15) is 5.06 Å². The zero-order valence-electron chi connectivity index (χ0n) is 13.0. The molecular weight excluding hydrogens is 292 g/mol. The van der Waals surface area contributed by atoms with E-state index in [1.54, 1.807) is 21.3 Å². The third kappa shape index (κ3) is 4.97. The van der Waals surface area contributed by atoms with E-state index in [-0.39, 0.29) is 11.6 Å². The Morgan fingerprint density at radius 3 is 2.23 bits per heavy atom. The Balaban J connectivity index is 2.54. The number of hydrogen-bond acceptors (Lipinski definition) is 6. The molecule has 124 valence electrons. The van der Waals surface area contributed by atoms with Gasteiger partial charge >= 0.3 is 6.09 Å². The van der Waals surface area contributed by atoms with E-state index >= 15 is 0 Å². The monoisotopic (exact) mass is 314 g/mol. The van der Waals surface area contributed by atoms with Gasteiger partial charge in [0.25, 0.3) is 0 Å². The number of nitrogens with zero attached hydrogens (tertiary/aromatic N) is 1. The molecule has 1 rings (SSSR count). The second-order valence-corrected chi connectivity index (χ2v) is 4.47. The molecule has 0 aliphatic rings. The molecule has 8 heteroatoms. The molecule has 1 amide bonds. The molecule has 0 aromatic heterocycles. The molecule has 0 aliphatic heterocycles. The van der Waals surface area contributed by atoms with Crippen LogP contribution in [0.2, 0.25) is 0 Å². The van der Waals surface area contributed by atoms with E-state index in [2.05, 4.69) is 5.32 Å². The molecule has 0 fully saturated rings. The van der Waals surface area contributed by atoms with Crippen molar-refractivity contribution in [2.75, 3.05) is 34.4 Å². The Labute approximate surface area is 129 Å². The average Bonchev–Trinajstić information content (AvgIpc) is 2.52. The van der Waals surface area contributed by atoms with Crippen molar-refractivity contribution < 1.29 is 29.3 Å². The molecule has 8 nitrogen and oxygen atoms in total. The maximum absolute atomic E-state index is 10.4. The lowest BCUT2D eigenvalue weighted by atomic mass is 10.1. The van der Waals surface area contributed by atoms with Crippen LogP contribution in [0.25, 0.3) is 0 Å². The number of nitrogens with one attached hydrogen (secondary N) is 1. The first-order valence-electron chi connectivity index (χ1n) is 6.72. The van der Waals surface area contributed by atoms with Crippen molar-refractivity contribution in [2.45, 2.75) is 13.0 Å². The molecule has 0 spiro atoms. The second kappa shape index (κ2) is 8.96. The number of hydroxylamine groups is 2. The molecule has 1 aromatic rings. The number of amides is 1. The van der Waals surface area contributed by atoms with Crippen LogP contribution in [0.3, 0.4) is 0 Å². The summed E-state index contributed by atoms with van der Waals surface area (Å²) in [6.45, 7) is 1.16. The van der Waals surface area contributed by atoms with Crippen molar-refractivity contribution in [1.82, 2.24) is 10.4 Å². The van der Waals surface area contributed by atoms with E-state index in [4.69, 9.17) is 24.5 Å². The number of hydrogen-bond donors (Lipinski definition) is 3. The molecule has 0 heterocycles. The predicted octanol–water partition coefficient (Wildman–Crippen LogP) is 1.56. The van der Waals surface area contributed by atoms with Gasteiger partial charge in [0.15, 0.2) is 11.5 Å². The van der Waals surface area contributed by atoms with Crippen LogP contribution in [0, 0.1) is 0 Å². The van der Waals surface area contributed by atoms with E-state index in [0.29, 0.717) is 36.8 Å². The van der Waals surface area contributed by atoms with Crippen molar-refractivity contribution in [3.05, 3.63) is 17.7 Å². The van der Waals surface area contributed by atoms with Crippen molar-refractivity contribution in [1.29, 1.82) is 0 Å². The van der Waals surface area contributed by atoms with E-state index in [1.807, 2.05) is 12.1 Å². The van der Waals surface area contributed by atoms with E-state index in [9.17, 15) is 4.79 Å². The third-order valence-corrected chi connectivity index (χ3v) is 3.00. The van der Waals surface area contributed by atoms with E-state index < -0.39 is 6.09 Å². The molecule has 1 aromatic carbocycles. The topological polar surface area (TPSA) is 100 Å². The number of ether oxygens (including phenoxy) is 3. The van der Waals surface area contributed by atoms with Crippen LogP contribution >= 0.6 is 0 Å². The maximum Gasteiger partial charge on any atom is 0.431 e. The summed E-state index contributed by atoms with van der Waals surface area (Å²) in [4.78, 5) is 10.4. The first-order chi connectivity index (χ1) is 10.5. The molecule has 0 saturated carbocycles. The van der Waals surface area contributed by atoms with E-state index in [0.717, 1.165) is 5.56 Å². The lowest BCUT2D eigenvalue weighted by Gasteiger charge is -2.15. The lowest BCUT2D eigenvalue weighted by Crippen LogP contribution is -2.28. The average molecular weight is 314 g/mol. The van der Waals surface area contributed by atoms with Crippen molar-refractivity contribution in [3.8, 4) is 17.2 Å². The molecular formula is C14H22N2O6. The Bertz CT molecular complexity index is 469. The highest BCUT2D eigenvalue weighted by Crippen LogP contribution is 2.38. The van der Waals surface area contributed by atoms with Gasteiger partial charge in [-0.05, 0) is 30.7 Å². The minimum Gasteiger partial charge on any atom is -0.493 e. The SMILES string of the molecule is COc1cc(CNCCCN(O)C(=O)O)cc(OC)c1OC. The minimum atomic E-state index is -1.36. The summed E-state index contributed by atoms with van der Waals surface area (Å²) in [6, 6.07) is 3.67. The van der Waals surface area contributed by atoms with Crippen molar-refractivity contribution in [3.63, 3.8) is 0 Å². The van der Waals surface area contributed by atoms with Crippen LogP contribution in [-0.2, 0) is 6.54 Å². The quantitative estimate of drug-likeness (QED) is 0.361. The van der Waals surface area contributed by atoms with Crippen molar-refractivity contribution in [2.24, 2.45) is 0 Å². The van der Waals surface area contributed by atoms with Gasteiger partial charge in [-0.15, -0.1) is 0 Å². The largest absolute Gasteiger partial charge is 0.493 e. The van der Waals surface area contributed by atoms with Crippen LogP contribution in [0.4, 0.5) is 4.79 Å². The fourth-order valence-electron chi connectivity index (χ4n) is 1.92. The van der Waals surface area contributed by atoms with Gasteiger partial charge in [0.05, 0.1) is 27.9 Å². The Kier molecular flexibility index (Phi) is 7.27. The molecule has 0 aliphatic carbocycles. The Morgan fingerprint density at radius 1 is 1.18 bits per heavy atom. The molecule has 0 radical (unpaired) electrons. The first-order valence-corrected chi connectivity index (χ1v) is 6.72. The molecule has 0 unspecified atom stereocenters. The normalized spacial score (nSPS) is 10.2. The number of rotatable bonds is 9. The zero-order chi connectivity index (χ0) is 16.5. The number of carbonyl (C=O) groups is 1. The fourth-order valence-corrected chi connectivity index (χ4v) is 1.92. The Hall–Kier alpha value is -2.19. The molecule has 0 atom stereocenters. The molecule has 0 bridgehead atoms. The van der Waals surface area contributed by atoms with Gasteiger partial charge in [-0.3, -0.25) is 5.21 Å².